The molecule has 0 amide bonds. The molecule has 178 valence electrons. The number of aromatic nitrogens is 3. The van der Waals surface area contributed by atoms with Crippen LogP contribution >= 0.6 is 24.0 Å². The SMILES string of the molecule is CCNC(=NCc1nccn1CCCc1ccccc1)N1CCN(Cc2ccon2)CC1.I. The second-order valence-corrected chi connectivity index (χ2v) is 8.05. The first-order chi connectivity index (χ1) is 15.8. The van der Waals surface area contributed by atoms with Gasteiger partial charge in [0.1, 0.15) is 18.6 Å². The second kappa shape index (κ2) is 13.3. The highest BCUT2D eigenvalue weighted by Crippen LogP contribution is 2.09. The number of hydrogen-bond acceptors (Lipinski definition) is 5. The first kappa shape index (κ1) is 25.2. The minimum absolute atomic E-state index is 0. The van der Waals surface area contributed by atoms with E-state index < -0.39 is 0 Å². The predicted molar refractivity (Wildman–Crippen MR) is 141 cm³/mol. The van der Waals surface area contributed by atoms with Crippen LogP contribution in [0.5, 0.6) is 0 Å². The van der Waals surface area contributed by atoms with Crippen molar-refractivity contribution in [2.24, 2.45) is 4.99 Å². The Kier molecular flexibility index (Phi) is 10.2. The third-order valence-corrected chi connectivity index (χ3v) is 5.76. The van der Waals surface area contributed by atoms with Gasteiger partial charge in [-0.1, -0.05) is 35.5 Å². The largest absolute Gasteiger partial charge is 0.364 e. The quantitative estimate of drug-likeness (QED) is 0.245. The summed E-state index contributed by atoms with van der Waals surface area (Å²) in [6.45, 7) is 9.17. The van der Waals surface area contributed by atoms with Crippen molar-refractivity contribution in [3.63, 3.8) is 0 Å². The maximum absolute atomic E-state index is 4.95. The van der Waals surface area contributed by atoms with Crippen LogP contribution in [0.25, 0.3) is 0 Å². The molecule has 1 aromatic carbocycles. The smallest absolute Gasteiger partial charge is 0.194 e. The van der Waals surface area contributed by atoms with Crippen molar-refractivity contribution in [2.75, 3.05) is 32.7 Å². The molecule has 3 aromatic rings. The number of hydrogen-bond donors (Lipinski definition) is 1. The molecule has 8 nitrogen and oxygen atoms in total. The van der Waals surface area contributed by atoms with Gasteiger partial charge in [-0.2, -0.15) is 0 Å². The van der Waals surface area contributed by atoms with Gasteiger partial charge in [0.2, 0.25) is 0 Å². The molecule has 3 heterocycles. The predicted octanol–water partition coefficient (Wildman–Crippen LogP) is 3.41. The first-order valence-electron chi connectivity index (χ1n) is 11.5. The highest BCUT2D eigenvalue weighted by molar-refractivity contribution is 14.0. The van der Waals surface area contributed by atoms with Crippen LogP contribution in [0.1, 0.15) is 30.4 Å². The molecule has 1 saturated heterocycles. The zero-order chi connectivity index (χ0) is 22.0. The lowest BCUT2D eigenvalue weighted by molar-refractivity contribution is 0.169. The van der Waals surface area contributed by atoms with Crippen molar-refractivity contribution in [3.05, 3.63) is 72.1 Å². The average molecular weight is 563 g/mol. The molecule has 1 N–H and O–H groups in total. The van der Waals surface area contributed by atoms with Gasteiger partial charge in [-0.05, 0) is 25.3 Å². The summed E-state index contributed by atoms with van der Waals surface area (Å²) in [5.74, 6) is 1.98. The molecule has 0 bridgehead atoms. The van der Waals surface area contributed by atoms with E-state index >= 15 is 0 Å². The number of nitrogens with zero attached hydrogens (tertiary/aromatic N) is 6. The van der Waals surface area contributed by atoms with Crippen LogP contribution in [0.3, 0.4) is 0 Å². The Morgan fingerprint density at radius 3 is 2.67 bits per heavy atom. The van der Waals surface area contributed by atoms with E-state index in [2.05, 4.69) is 73.3 Å². The number of benzene rings is 1. The molecule has 33 heavy (non-hydrogen) atoms. The van der Waals surface area contributed by atoms with E-state index in [1.54, 1.807) is 6.26 Å². The third kappa shape index (κ3) is 7.56. The van der Waals surface area contributed by atoms with Crippen LogP contribution in [0.15, 0.2) is 64.6 Å². The number of aryl methyl sites for hydroxylation is 2. The van der Waals surface area contributed by atoms with Gasteiger partial charge in [0.25, 0.3) is 0 Å². The Morgan fingerprint density at radius 1 is 1.12 bits per heavy atom. The van der Waals surface area contributed by atoms with E-state index in [-0.39, 0.29) is 24.0 Å². The second-order valence-electron chi connectivity index (χ2n) is 8.05. The standard InChI is InChI=1S/C24H33N7O.HI/c1-2-25-24(31-16-14-29(15-17-31)20-22-10-18-32-28-22)27-19-23-26-11-13-30(23)12-6-9-21-7-4-3-5-8-21;/h3-5,7-8,10-11,13,18H,2,6,9,12,14-17,19-20H2,1H3,(H,25,27);1H. The number of piperazine rings is 1. The molecule has 4 rings (SSSR count). The van der Waals surface area contributed by atoms with Gasteiger partial charge in [0.15, 0.2) is 5.96 Å². The molecule has 0 spiro atoms. The average Bonchev–Trinajstić information content (AvgIpc) is 3.50. The van der Waals surface area contributed by atoms with Gasteiger partial charge in [0.05, 0.1) is 5.69 Å². The summed E-state index contributed by atoms with van der Waals surface area (Å²) >= 11 is 0. The number of halogens is 1. The molecule has 0 atom stereocenters. The number of imidazole rings is 1. The highest BCUT2D eigenvalue weighted by atomic mass is 127. The lowest BCUT2D eigenvalue weighted by Gasteiger charge is -2.36. The van der Waals surface area contributed by atoms with E-state index in [1.807, 2.05) is 12.3 Å². The summed E-state index contributed by atoms with van der Waals surface area (Å²) in [5.41, 5.74) is 2.36. The van der Waals surface area contributed by atoms with Gasteiger partial charge in [0, 0.05) is 64.3 Å². The summed E-state index contributed by atoms with van der Waals surface area (Å²) < 4.78 is 7.18. The van der Waals surface area contributed by atoms with Crippen molar-refractivity contribution in [3.8, 4) is 0 Å². The fourth-order valence-corrected chi connectivity index (χ4v) is 4.03. The molecule has 9 heteroatoms. The van der Waals surface area contributed by atoms with Crippen molar-refractivity contribution in [2.45, 2.75) is 39.4 Å². The van der Waals surface area contributed by atoms with Gasteiger partial charge in [-0.3, -0.25) is 4.90 Å². The van der Waals surface area contributed by atoms with Crippen molar-refractivity contribution >= 4 is 29.9 Å². The lowest BCUT2D eigenvalue weighted by atomic mass is 10.1. The number of rotatable bonds is 9. The number of guanidine groups is 1. The number of aliphatic imine (C=N–C) groups is 1. The molecule has 2 aromatic heterocycles. The Balaban J connectivity index is 0.00000306. The van der Waals surface area contributed by atoms with E-state index in [0.29, 0.717) is 6.54 Å². The van der Waals surface area contributed by atoms with Crippen LogP contribution in [0, 0.1) is 0 Å². The van der Waals surface area contributed by atoms with E-state index in [4.69, 9.17) is 9.52 Å². The summed E-state index contributed by atoms with van der Waals surface area (Å²) in [7, 11) is 0. The minimum atomic E-state index is 0. The molecule has 0 saturated carbocycles. The van der Waals surface area contributed by atoms with Gasteiger partial charge in [-0.25, -0.2) is 9.98 Å². The molecule has 0 aliphatic carbocycles. The van der Waals surface area contributed by atoms with Crippen LogP contribution < -0.4 is 5.32 Å². The molecule has 0 unspecified atom stereocenters. The van der Waals surface area contributed by atoms with Gasteiger partial charge in [-0.15, -0.1) is 24.0 Å². The topological polar surface area (TPSA) is 74.7 Å². The Bertz CT molecular complexity index is 950. The van der Waals surface area contributed by atoms with Crippen LogP contribution in [-0.4, -0.2) is 63.2 Å². The van der Waals surface area contributed by atoms with Crippen molar-refractivity contribution in [1.82, 2.24) is 29.8 Å². The zero-order valence-electron chi connectivity index (χ0n) is 19.3. The van der Waals surface area contributed by atoms with Gasteiger partial charge >= 0.3 is 0 Å². The zero-order valence-corrected chi connectivity index (χ0v) is 21.6. The fraction of sp³-hybridized carbons (Fsp3) is 0.458. The highest BCUT2D eigenvalue weighted by Gasteiger charge is 2.20. The monoisotopic (exact) mass is 563 g/mol. The summed E-state index contributed by atoms with van der Waals surface area (Å²) in [5, 5.41) is 7.48. The van der Waals surface area contributed by atoms with E-state index in [0.717, 1.165) is 76.1 Å². The maximum atomic E-state index is 4.95. The molecular formula is C24H34IN7O. The van der Waals surface area contributed by atoms with Gasteiger partial charge < -0.3 is 19.3 Å². The molecule has 0 radical (unpaired) electrons. The molecule has 1 aliphatic rings. The summed E-state index contributed by atoms with van der Waals surface area (Å²) in [6.07, 6.45) is 7.73. The van der Waals surface area contributed by atoms with Crippen molar-refractivity contribution < 1.29 is 4.52 Å². The maximum Gasteiger partial charge on any atom is 0.194 e. The fourth-order valence-electron chi connectivity index (χ4n) is 4.03. The lowest BCUT2D eigenvalue weighted by Crippen LogP contribution is -2.52. The van der Waals surface area contributed by atoms with E-state index in [1.165, 1.54) is 5.56 Å². The van der Waals surface area contributed by atoms with E-state index in [9.17, 15) is 0 Å². The normalized spacial score (nSPS) is 14.8. The molecule has 1 fully saturated rings. The molecular weight excluding hydrogens is 529 g/mol. The van der Waals surface area contributed by atoms with Crippen LogP contribution in [-0.2, 0) is 26.1 Å². The van der Waals surface area contributed by atoms with Crippen molar-refractivity contribution in [1.29, 1.82) is 0 Å². The Morgan fingerprint density at radius 2 is 1.94 bits per heavy atom. The summed E-state index contributed by atoms with van der Waals surface area (Å²) in [4.78, 5) is 14.2. The van der Waals surface area contributed by atoms with Crippen LogP contribution in [0.4, 0.5) is 0 Å². The third-order valence-electron chi connectivity index (χ3n) is 5.76. The number of nitrogens with one attached hydrogen (secondary N) is 1. The minimum Gasteiger partial charge on any atom is -0.364 e. The summed E-state index contributed by atoms with van der Waals surface area (Å²) in [6, 6.07) is 12.6. The Labute approximate surface area is 213 Å². The molecule has 1 aliphatic heterocycles. The van der Waals surface area contributed by atoms with Crippen LogP contribution in [0.2, 0.25) is 0 Å². The Hall–Kier alpha value is -2.40. The first-order valence-corrected chi connectivity index (χ1v) is 11.5.